The molecule has 0 amide bonds. The van der Waals surface area contributed by atoms with Crippen LogP contribution in [-0.2, 0) is 13.2 Å². The quantitative estimate of drug-likeness (QED) is 0.765. The molecular formula is C16H14ClNOS. The van der Waals surface area contributed by atoms with Gasteiger partial charge in [0.05, 0.1) is 0 Å². The van der Waals surface area contributed by atoms with Gasteiger partial charge in [-0.15, -0.1) is 11.3 Å². The Balaban J connectivity index is 1.79. The van der Waals surface area contributed by atoms with Gasteiger partial charge in [-0.05, 0) is 41.3 Å². The molecule has 1 aromatic heterocycles. The van der Waals surface area contributed by atoms with Crippen LogP contribution in [0.3, 0.4) is 0 Å². The van der Waals surface area contributed by atoms with Crippen molar-refractivity contribution in [2.24, 2.45) is 5.73 Å². The predicted molar refractivity (Wildman–Crippen MR) is 85.5 cm³/mol. The number of halogens is 1. The first kappa shape index (κ1) is 13.4. The van der Waals surface area contributed by atoms with Crippen LogP contribution in [0.5, 0.6) is 5.75 Å². The second-order valence-electron chi connectivity index (χ2n) is 4.49. The number of fused-ring (bicyclic) bond motifs is 1. The molecule has 2 nitrogen and oxygen atoms in total. The fourth-order valence-corrected chi connectivity index (χ4v) is 3.31. The number of hydrogen-bond acceptors (Lipinski definition) is 3. The molecule has 0 aliphatic carbocycles. The molecule has 20 heavy (non-hydrogen) atoms. The van der Waals surface area contributed by atoms with Crippen LogP contribution in [0.1, 0.15) is 10.4 Å². The maximum Gasteiger partial charge on any atom is 0.122 e. The summed E-state index contributed by atoms with van der Waals surface area (Å²) >= 11 is 7.59. The topological polar surface area (TPSA) is 35.2 Å². The van der Waals surface area contributed by atoms with Crippen LogP contribution in [0, 0.1) is 0 Å². The molecule has 0 bridgehead atoms. The molecule has 0 spiro atoms. The van der Waals surface area contributed by atoms with E-state index in [1.54, 1.807) is 11.3 Å². The smallest absolute Gasteiger partial charge is 0.122 e. The first-order chi connectivity index (χ1) is 9.76. The van der Waals surface area contributed by atoms with Crippen LogP contribution in [-0.4, -0.2) is 0 Å². The lowest BCUT2D eigenvalue weighted by Gasteiger charge is -2.03. The summed E-state index contributed by atoms with van der Waals surface area (Å²) < 4.78 is 7.02. The third-order valence-electron chi connectivity index (χ3n) is 3.09. The Morgan fingerprint density at radius 3 is 2.65 bits per heavy atom. The minimum absolute atomic E-state index is 0.561. The van der Waals surface area contributed by atoms with E-state index in [4.69, 9.17) is 22.1 Å². The molecule has 0 saturated carbocycles. The van der Waals surface area contributed by atoms with Crippen molar-refractivity contribution in [2.75, 3.05) is 0 Å². The van der Waals surface area contributed by atoms with Gasteiger partial charge < -0.3 is 10.5 Å². The molecule has 0 aliphatic heterocycles. The standard InChI is InChI=1S/C16H14ClNOS/c17-13-4-6-14(7-5-13)19-10-15-8-11-2-1-3-12(9-18)16(11)20-15/h1-8H,9-10,18H2. The number of ether oxygens (including phenoxy) is 1. The highest BCUT2D eigenvalue weighted by Crippen LogP contribution is 2.29. The van der Waals surface area contributed by atoms with E-state index >= 15 is 0 Å². The summed E-state index contributed by atoms with van der Waals surface area (Å²) in [4.78, 5) is 1.19. The Bertz CT molecular complexity index is 721. The van der Waals surface area contributed by atoms with Gasteiger partial charge in [-0.25, -0.2) is 0 Å². The SMILES string of the molecule is NCc1cccc2cc(COc3ccc(Cl)cc3)sc12. The summed E-state index contributed by atoms with van der Waals surface area (Å²) in [5, 5.41) is 1.94. The van der Waals surface area contributed by atoms with Crippen molar-refractivity contribution >= 4 is 33.0 Å². The average molecular weight is 304 g/mol. The van der Waals surface area contributed by atoms with Gasteiger partial charge in [0.1, 0.15) is 12.4 Å². The van der Waals surface area contributed by atoms with Crippen LogP contribution < -0.4 is 10.5 Å². The van der Waals surface area contributed by atoms with Gasteiger partial charge in [0, 0.05) is 21.1 Å². The minimum atomic E-state index is 0.561. The summed E-state index contributed by atoms with van der Waals surface area (Å²) in [7, 11) is 0. The molecule has 2 N–H and O–H groups in total. The molecular weight excluding hydrogens is 290 g/mol. The van der Waals surface area contributed by atoms with Crippen molar-refractivity contribution in [3.8, 4) is 5.75 Å². The number of rotatable bonds is 4. The van der Waals surface area contributed by atoms with Crippen molar-refractivity contribution in [2.45, 2.75) is 13.2 Å². The fourth-order valence-electron chi connectivity index (χ4n) is 2.09. The maximum atomic E-state index is 5.85. The molecule has 4 heteroatoms. The molecule has 0 fully saturated rings. The Morgan fingerprint density at radius 2 is 1.90 bits per heavy atom. The average Bonchev–Trinajstić information content (AvgIpc) is 2.89. The van der Waals surface area contributed by atoms with Crippen LogP contribution in [0.2, 0.25) is 5.02 Å². The highest BCUT2D eigenvalue weighted by atomic mass is 35.5. The van der Waals surface area contributed by atoms with Crippen LogP contribution in [0.4, 0.5) is 0 Å². The summed E-state index contributed by atoms with van der Waals surface area (Å²) in [6.45, 7) is 1.13. The van der Waals surface area contributed by atoms with E-state index in [2.05, 4.69) is 18.2 Å². The van der Waals surface area contributed by atoms with Gasteiger partial charge >= 0.3 is 0 Å². The van der Waals surface area contributed by atoms with E-state index in [0.717, 1.165) is 5.75 Å². The van der Waals surface area contributed by atoms with Crippen molar-refractivity contribution in [3.63, 3.8) is 0 Å². The highest BCUT2D eigenvalue weighted by molar-refractivity contribution is 7.19. The molecule has 0 radical (unpaired) electrons. The van der Waals surface area contributed by atoms with E-state index in [1.807, 2.05) is 30.3 Å². The van der Waals surface area contributed by atoms with Gasteiger partial charge in [0.2, 0.25) is 0 Å². The Hall–Kier alpha value is -1.55. The van der Waals surface area contributed by atoms with E-state index in [1.165, 1.54) is 20.5 Å². The van der Waals surface area contributed by atoms with Crippen LogP contribution >= 0.6 is 22.9 Å². The molecule has 1 heterocycles. The van der Waals surface area contributed by atoms with Crippen molar-refractivity contribution in [1.82, 2.24) is 0 Å². The van der Waals surface area contributed by atoms with Crippen molar-refractivity contribution < 1.29 is 4.74 Å². The molecule has 0 atom stereocenters. The van der Waals surface area contributed by atoms with Gasteiger partial charge in [0.15, 0.2) is 0 Å². The van der Waals surface area contributed by atoms with Gasteiger partial charge in [-0.1, -0.05) is 29.8 Å². The van der Waals surface area contributed by atoms with Crippen molar-refractivity contribution in [3.05, 3.63) is 64.0 Å². The zero-order valence-corrected chi connectivity index (χ0v) is 12.4. The highest BCUT2D eigenvalue weighted by Gasteiger charge is 2.06. The van der Waals surface area contributed by atoms with E-state index in [0.29, 0.717) is 18.2 Å². The number of hydrogen-bond donors (Lipinski definition) is 1. The molecule has 2 aromatic carbocycles. The Labute approximate surface area is 126 Å². The second-order valence-corrected chi connectivity index (χ2v) is 6.07. The summed E-state index contributed by atoms with van der Waals surface area (Å²) in [6.07, 6.45) is 0. The molecule has 0 aliphatic rings. The Morgan fingerprint density at radius 1 is 1.10 bits per heavy atom. The second kappa shape index (κ2) is 5.83. The number of nitrogens with two attached hydrogens (primary N) is 1. The van der Waals surface area contributed by atoms with E-state index in [-0.39, 0.29) is 0 Å². The van der Waals surface area contributed by atoms with Crippen LogP contribution in [0.25, 0.3) is 10.1 Å². The van der Waals surface area contributed by atoms with E-state index < -0.39 is 0 Å². The van der Waals surface area contributed by atoms with Crippen molar-refractivity contribution in [1.29, 1.82) is 0 Å². The largest absolute Gasteiger partial charge is 0.488 e. The normalized spacial score (nSPS) is 10.9. The van der Waals surface area contributed by atoms with Gasteiger partial charge in [-0.3, -0.25) is 0 Å². The lowest BCUT2D eigenvalue weighted by atomic mass is 10.1. The summed E-state index contributed by atoms with van der Waals surface area (Å²) in [6, 6.07) is 15.8. The van der Waals surface area contributed by atoms with Crippen LogP contribution in [0.15, 0.2) is 48.5 Å². The molecule has 3 aromatic rings. The zero-order valence-electron chi connectivity index (χ0n) is 10.8. The molecule has 0 unspecified atom stereocenters. The third-order valence-corrected chi connectivity index (χ3v) is 4.54. The lowest BCUT2D eigenvalue weighted by molar-refractivity contribution is 0.310. The zero-order chi connectivity index (χ0) is 13.9. The van der Waals surface area contributed by atoms with Gasteiger partial charge in [0.25, 0.3) is 0 Å². The first-order valence-corrected chi connectivity index (χ1v) is 7.54. The lowest BCUT2D eigenvalue weighted by Crippen LogP contribution is -1.95. The molecule has 0 saturated heterocycles. The predicted octanol–water partition coefficient (Wildman–Crippen LogP) is 4.59. The maximum absolute atomic E-state index is 5.85. The Kier molecular flexibility index (Phi) is 3.92. The van der Waals surface area contributed by atoms with Gasteiger partial charge in [-0.2, -0.15) is 0 Å². The molecule has 102 valence electrons. The number of benzene rings is 2. The first-order valence-electron chi connectivity index (χ1n) is 6.35. The summed E-state index contributed by atoms with van der Waals surface area (Å²) in [5.41, 5.74) is 6.95. The minimum Gasteiger partial charge on any atom is -0.488 e. The fraction of sp³-hybridized carbons (Fsp3) is 0.125. The van der Waals surface area contributed by atoms with E-state index in [9.17, 15) is 0 Å². The molecule has 3 rings (SSSR count). The third kappa shape index (κ3) is 2.80. The number of thiophene rings is 1. The summed E-state index contributed by atoms with van der Waals surface area (Å²) in [5.74, 6) is 0.825. The monoisotopic (exact) mass is 303 g/mol.